The van der Waals surface area contributed by atoms with E-state index in [9.17, 15) is 0 Å². The second-order valence-corrected chi connectivity index (χ2v) is 7.05. The Kier molecular flexibility index (Phi) is 4.70. The normalized spacial score (nSPS) is 11.4. The number of aryl methyl sites for hydroxylation is 2. The maximum atomic E-state index is 6.53. The van der Waals surface area contributed by atoms with Gasteiger partial charge in [-0.25, -0.2) is 15.0 Å². The first-order valence-corrected chi connectivity index (χ1v) is 9.50. The SMILES string of the molecule is CCCCOc1ccc(Cl)c(-c2ncc3c(C)nc4ccc(C)nc4n23)c1. The average Bonchev–Trinajstić information content (AvgIpc) is 3.10. The Morgan fingerprint density at radius 3 is 2.78 bits per heavy atom. The second kappa shape index (κ2) is 7.16. The highest BCUT2D eigenvalue weighted by molar-refractivity contribution is 6.33. The van der Waals surface area contributed by atoms with Gasteiger partial charge in [0.15, 0.2) is 5.65 Å². The van der Waals surface area contributed by atoms with Crippen LogP contribution >= 0.6 is 11.6 Å². The molecule has 5 nitrogen and oxygen atoms in total. The van der Waals surface area contributed by atoms with Crippen molar-refractivity contribution in [2.45, 2.75) is 33.6 Å². The number of pyridine rings is 1. The van der Waals surface area contributed by atoms with E-state index in [1.165, 1.54) is 0 Å². The number of halogens is 1. The van der Waals surface area contributed by atoms with E-state index in [1.807, 2.05) is 54.8 Å². The molecule has 0 bridgehead atoms. The van der Waals surface area contributed by atoms with Gasteiger partial charge in [-0.05, 0) is 50.6 Å². The minimum Gasteiger partial charge on any atom is -0.494 e. The second-order valence-electron chi connectivity index (χ2n) is 6.64. The number of nitrogens with zero attached hydrogens (tertiary/aromatic N) is 4. The summed E-state index contributed by atoms with van der Waals surface area (Å²) in [6.45, 7) is 6.78. The van der Waals surface area contributed by atoms with E-state index in [-0.39, 0.29) is 0 Å². The van der Waals surface area contributed by atoms with Crippen LogP contribution in [0.3, 0.4) is 0 Å². The van der Waals surface area contributed by atoms with E-state index in [1.54, 1.807) is 0 Å². The maximum Gasteiger partial charge on any atom is 0.165 e. The van der Waals surface area contributed by atoms with Crippen molar-refractivity contribution in [2.75, 3.05) is 6.61 Å². The zero-order valence-corrected chi connectivity index (χ0v) is 16.4. The fourth-order valence-corrected chi connectivity index (χ4v) is 3.34. The number of unbranched alkanes of at least 4 members (excludes halogenated alkanes) is 1. The molecule has 0 aliphatic rings. The number of aromatic nitrogens is 4. The summed E-state index contributed by atoms with van der Waals surface area (Å²) in [6, 6.07) is 9.65. The molecule has 4 rings (SSSR count). The topological polar surface area (TPSA) is 52.3 Å². The van der Waals surface area contributed by atoms with Gasteiger partial charge in [-0.1, -0.05) is 24.9 Å². The van der Waals surface area contributed by atoms with Crippen molar-refractivity contribution < 1.29 is 4.74 Å². The molecule has 3 aromatic heterocycles. The molecule has 0 aliphatic carbocycles. The van der Waals surface area contributed by atoms with E-state index in [0.29, 0.717) is 11.6 Å². The summed E-state index contributed by atoms with van der Waals surface area (Å²) in [5.74, 6) is 1.53. The molecule has 4 aromatic rings. The molecule has 0 fully saturated rings. The molecule has 0 aliphatic heterocycles. The van der Waals surface area contributed by atoms with Crippen LogP contribution in [0.5, 0.6) is 5.75 Å². The minimum atomic E-state index is 0.626. The molecule has 0 unspecified atom stereocenters. The molecule has 3 heterocycles. The van der Waals surface area contributed by atoms with E-state index in [2.05, 4.69) is 16.9 Å². The summed E-state index contributed by atoms with van der Waals surface area (Å²) in [6.07, 6.45) is 3.93. The summed E-state index contributed by atoms with van der Waals surface area (Å²) in [4.78, 5) is 14.0. The zero-order valence-electron chi connectivity index (χ0n) is 15.7. The zero-order chi connectivity index (χ0) is 19.0. The molecule has 0 saturated carbocycles. The molecule has 0 radical (unpaired) electrons. The molecule has 0 N–H and O–H groups in total. The minimum absolute atomic E-state index is 0.626. The summed E-state index contributed by atoms with van der Waals surface area (Å²) in [5, 5.41) is 0.626. The van der Waals surface area contributed by atoms with Crippen LogP contribution < -0.4 is 4.74 Å². The summed E-state index contributed by atoms with van der Waals surface area (Å²) >= 11 is 6.53. The van der Waals surface area contributed by atoms with Crippen LogP contribution in [-0.2, 0) is 0 Å². The molecule has 0 amide bonds. The van der Waals surface area contributed by atoms with Gasteiger partial charge in [0.05, 0.1) is 29.0 Å². The van der Waals surface area contributed by atoms with Crippen molar-refractivity contribution in [1.29, 1.82) is 0 Å². The molecular weight excluding hydrogens is 360 g/mol. The maximum absolute atomic E-state index is 6.53. The van der Waals surface area contributed by atoms with Crippen LogP contribution in [0.15, 0.2) is 36.5 Å². The number of rotatable bonds is 5. The van der Waals surface area contributed by atoms with Crippen molar-refractivity contribution in [3.63, 3.8) is 0 Å². The van der Waals surface area contributed by atoms with Crippen LogP contribution in [0.4, 0.5) is 0 Å². The van der Waals surface area contributed by atoms with Crippen molar-refractivity contribution in [3.8, 4) is 17.1 Å². The number of ether oxygens (including phenoxy) is 1. The highest BCUT2D eigenvalue weighted by Crippen LogP contribution is 2.33. The summed E-state index contributed by atoms with van der Waals surface area (Å²) in [5.41, 5.74) is 5.17. The fraction of sp³-hybridized carbons (Fsp3) is 0.286. The largest absolute Gasteiger partial charge is 0.494 e. The monoisotopic (exact) mass is 380 g/mol. The van der Waals surface area contributed by atoms with E-state index in [4.69, 9.17) is 21.3 Å². The van der Waals surface area contributed by atoms with Gasteiger partial charge in [0, 0.05) is 11.3 Å². The van der Waals surface area contributed by atoms with Gasteiger partial charge in [0.25, 0.3) is 0 Å². The molecule has 6 heteroatoms. The predicted octanol–water partition coefficient (Wildman–Crippen LogP) is 5.39. The third kappa shape index (κ3) is 3.23. The quantitative estimate of drug-likeness (QED) is 0.435. The fourth-order valence-electron chi connectivity index (χ4n) is 3.14. The van der Waals surface area contributed by atoms with Gasteiger partial charge in [0.2, 0.25) is 0 Å². The van der Waals surface area contributed by atoms with E-state index < -0.39 is 0 Å². The number of hydrogen-bond acceptors (Lipinski definition) is 4. The van der Waals surface area contributed by atoms with Crippen molar-refractivity contribution >= 4 is 28.3 Å². The van der Waals surface area contributed by atoms with Crippen molar-refractivity contribution in [1.82, 2.24) is 19.4 Å². The lowest BCUT2D eigenvalue weighted by atomic mass is 10.2. The first-order chi connectivity index (χ1) is 13.1. The van der Waals surface area contributed by atoms with E-state index in [0.717, 1.165) is 58.0 Å². The third-order valence-electron chi connectivity index (χ3n) is 4.57. The Bertz CT molecular complexity index is 1140. The number of benzene rings is 1. The Morgan fingerprint density at radius 2 is 1.96 bits per heavy atom. The number of hydrogen-bond donors (Lipinski definition) is 0. The molecule has 0 atom stereocenters. The Labute approximate surface area is 163 Å². The van der Waals surface area contributed by atoms with Crippen molar-refractivity contribution in [3.05, 3.63) is 52.9 Å². The first-order valence-electron chi connectivity index (χ1n) is 9.12. The molecule has 1 aromatic carbocycles. The van der Waals surface area contributed by atoms with Crippen LogP contribution in [0.2, 0.25) is 5.02 Å². The molecule has 27 heavy (non-hydrogen) atoms. The van der Waals surface area contributed by atoms with Gasteiger partial charge in [-0.15, -0.1) is 0 Å². The number of fused-ring (bicyclic) bond motifs is 3. The summed E-state index contributed by atoms with van der Waals surface area (Å²) in [7, 11) is 0. The highest BCUT2D eigenvalue weighted by atomic mass is 35.5. The molecular formula is C21H21ClN4O. The van der Waals surface area contributed by atoms with Crippen LogP contribution in [0.1, 0.15) is 31.2 Å². The van der Waals surface area contributed by atoms with Gasteiger partial charge < -0.3 is 4.74 Å². The van der Waals surface area contributed by atoms with Crippen LogP contribution in [-0.4, -0.2) is 26.0 Å². The van der Waals surface area contributed by atoms with Gasteiger partial charge >= 0.3 is 0 Å². The Morgan fingerprint density at radius 1 is 1.11 bits per heavy atom. The molecule has 0 spiro atoms. The Hall–Kier alpha value is -2.66. The van der Waals surface area contributed by atoms with Crippen molar-refractivity contribution in [2.24, 2.45) is 0 Å². The lowest BCUT2D eigenvalue weighted by Crippen LogP contribution is -2.01. The highest BCUT2D eigenvalue weighted by Gasteiger charge is 2.16. The Balaban J connectivity index is 1.93. The van der Waals surface area contributed by atoms with Gasteiger partial charge in [-0.2, -0.15) is 0 Å². The predicted molar refractivity (Wildman–Crippen MR) is 109 cm³/mol. The lowest BCUT2D eigenvalue weighted by Gasteiger charge is -2.11. The average molecular weight is 381 g/mol. The molecule has 138 valence electrons. The van der Waals surface area contributed by atoms with Crippen LogP contribution in [0.25, 0.3) is 28.1 Å². The number of imidazole rings is 1. The lowest BCUT2D eigenvalue weighted by molar-refractivity contribution is 0.309. The standard InChI is InChI=1S/C21H21ClN4O/c1-4-5-10-27-15-7-8-17(22)16(11-15)20-23-12-19-14(3)25-18-9-6-13(2)24-21(18)26(19)20/h6-9,11-12H,4-5,10H2,1-3H3. The molecule has 0 saturated heterocycles. The van der Waals surface area contributed by atoms with E-state index >= 15 is 0 Å². The van der Waals surface area contributed by atoms with Gasteiger partial charge in [-0.3, -0.25) is 4.40 Å². The summed E-state index contributed by atoms with van der Waals surface area (Å²) < 4.78 is 7.89. The van der Waals surface area contributed by atoms with Gasteiger partial charge in [0.1, 0.15) is 17.1 Å². The first kappa shape index (κ1) is 17.7. The smallest absolute Gasteiger partial charge is 0.165 e. The third-order valence-corrected chi connectivity index (χ3v) is 4.90. The van der Waals surface area contributed by atoms with Crippen LogP contribution in [0, 0.1) is 13.8 Å².